The number of hydrogen-bond donors (Lipinski definition) is 0. The fourth-order valence-electron chi connectivity index (χ4n) is 1.33. The van der Waals surface area contributed by atoms with Gasteiger partial charge in [-0.3, -0.25) is 4.79 Å². The highest BCUT2D eigenvalue weighted by Crippen LogP contribution is 2.27. The number of carbonyl (C=O) groups is 1. The van der Waals surface area contributed by atoms with E-state index in [0.29, 0.717) is 11.5 Å². The van der Waals surface area contributed by atoms with Crippen LogP contribution in [-0.2, 0) is 4.79 Å². The van der Waals surface area contributed by atoms with Crippen molar-refractivity contribution >= 4 is 11.9 Å². The highest BCUT2D eigenvalue weighted by atomic mass is 16.5. The zero-order valence-corrected chi connectivity index (χ0v) is 10.7. The van der Waals surface area contributed by atoms with E-state index in [4.69, 9.17) is 9.47 Å². The molecule has 0 radical (unpaired) electrons. The van der Waals surface area contributed by atoms with Crippen LogP contribution in [0.5, 0.6) is 11.5 Å². The average Bonchev–Trinajstić information content (AvgIpc) is 2.35. The van der Waals surface area contributed by atoms with Gasteiger partial charge in [-0.15, -0.1) is 0 Å². The first-order valence-corrected chi connectivity index (χ1v) is 5.52. The number of ether oxygens (including phenoxy) is 2. The van der Waals surface area contributed by atoms with E-state index in [9.17, 15) is 4.79 Å². The number of benzene rings is 1. The Hall–Kier alpha value is -1.77. The molecule has 0 atom stereocenters. The lowest BCUT2D eigenvalue weighted by atomic mass is 10.1. The molecule has 0 N–H and O–H groups in total. The molecule has 0 saturated carbocycles. The molecule has 0 fully saturated rings. The molecule has 0 aliphatic heterocycles. The van der Waals surface area contributed by atoms with E-state index in [-0.39, 0.29) is 11.7 Å². The molecule has 3 heteroatoms. The van der Waals surface area contributed by atoms with Gasteiger partial charge in [0.05, 0.1) is 14.2 Å². The zero-order chi connectivity index (χ0) is 12.8. The second-order valence-corrected chi connectivity index (χ2v) is 4.00. The summed E-state index contributed by atoms with van der Waals surface area (Å²) >= 11 is 0. The molecule has 0 saturated heterocycles. The first kappa shape index (κ1) is 13.3. The van der Waals surface area contributed by atoms with Crippen molar-refractivity contribution in [3.8, 4) is 11.5 Å². The van der Waals surface area contributed by atoms with Gasteiger partial charge < -0.3 is 9.47 Å². The van der Waals surface area contributed by atoms with Gasteiger partial charge in [-0.1, -0.05) is 26.0 Å². The quantitative estimate of drug-likeness (QED) is 0.735. The largest absolute Gasteiger partial charge is 0.493 e. The van der Waals surface area contributed by atoms with Gasteiger partial charge in [0, 0.05) is 5.92 Å². The molecule has 1 rings (SSSR count). The molecule has 0 amide bonds. The van der Waals surface area contributed by atoms with Crippen LogP contribution in [0.3, 0.4) is 0 Å². The van der Waals surface area contributed by atoms with Gasteiger partial charge in [-0.2, -0.15) is 0 Å². The van der Waals surface area contributed by atoms with Crippen molar-refractivity contribution in [1.82, 2.24) is 0 Å². The Morgan fingerprint density at radius 2 is 1.82 bits per heavy atom. The molecule has 1 aromatic carbocycles. The summed E-state index contributed by atoms with van der Waals surface area (Å²) in [7, 11) is 3.18. The van der Waals surface area contributed by atoms with E-state index in [2.05, 4.69) is 0 Å². The van der Waals surface area contributed by atoms with Gasteiger partial charge in [-0.25, -0.2) is 0 Å². The molecule has 0 spiro atoms. The third kappa shape index (κ3) is 3.63. The topological polar surface area (TPSA) is 35.5 Å². The van der Waals surface area contributed by atoms with E-state index >= 15 is 0 Å². The van der Waals surface area contributed by atoms with Crippen molar-refractivity contribution in [2.45, 2.75) is 13.8 Å². The smallest absolute Gasteiger partial charge is 0.161 e. The second kappa shape index (κ2) is 6.09. The Morgan fingerprint density at radius 1 is 1.18 bits per heavy atom. The number of rotatable bonds is 5. The molecule has 1 aromatic rings. The number of carbonyl (C=O) groups excluding carboxylic acids is 1. The molecule has 0 aliphatic rings. The van der Waals surface area contributed by atoms with Crippen molar-refractivity contribution in [3.05, 3.63) is 29.8 Å². The maximum atomic E-state index is 11.5. The van der Waals surface area contributed by atoms with Crippen molar-refractivity contribution in [2.24, 2.45) is 5.92 Å². The van der Waals surface area contributed by atoms with E-state index in [1.54, 1.807) is 26.4 Å². The number of allylic oxidation sites excluding steroid dienone is 1. The van der Waals surface area contributed by atoms with Crippen LogP contribution in [0.4, 0.5) is 0 Å². The Morgan fingerprint density at radius 3 is 2.35 bits per heavy atom. The lowest BCUT2D eigenvalue weighted by Crippen LogP contribution is -2.01. The van der Waals surface area contributed by atoms with Gasteiger partial charge in [0.2, 0.25) is 0 Å². The molecular weight excluding hydrogens is 216 g/mol. The lowest BCUT2D eigenvalue weighted by Gasteiger charge is -2.07. The molecule has 0 aromatic heterocycles. The summed E-state index contributed by atoms with van der Waals surface area (Å²) in [4.78, 5) is 11.5. The maximum Gasteiger partial charge on any atom is 0.161 e. The van der Waals surface area contributed by atoms with Gasteiger partial charge in [0.1, 0.15) is 0 Å². The minimum atomic E-state index is 0.0198. The van der Waals surface area contributed by atoms with Crippen molar-refractivity contribution < 1.29 is 14.3 Å². The summed E-state index contributed by atoms with van der Waals surface area (Å²) in [5.74, 6) is 1.47. The second-order valence-electron chi connectivity index (χ2n) is 4.00. The van der Waals surface area contributed by atoms with Gasteiger partial charge >= 0.3 is 0 Å². The number of ketones is 1. The minimum Gasteiger partial charge on any atom is -0.493 e. The number of methoxy groups -OCH3 is 2. The van der Waals surface area contributed by atoms with E-state index < -0.39 is 0 Å². The van der Waals surface area contributed by atoms with Crippen LogP contribution in [0.25, 0.3) is 6.08 Å². The summed E-state index contributed by atoms with van der Waals surface area (Å²) in [5.41, 5.74) is 0.914. The summed E-state index contributed by atoms with van der Waals surface area (Å²) < 4.78 is 10.3. The van der Waals surface area contributed by atoms with Gasteiger partial charge in [0.15, 0.2) is 17.3 Å². The Labute approximate surface area is 102 Å². The molecule has 0 aliphatic carbocycles. The lowest BCUT2D eigenvalue weighted by molar-refractivity contribution is -0.117. The van der Waals surface area contributed by atoms with E-state index in [1.807, 2.05) is 32.0 Å². The highest BCUT2D eigenvalue weighted by molar-refractivity contribution is 5.94. The molecule has 0 heterocycles. The van der Waals surface area contributed by atoms with Crippen LogP contribution in [0.15, 0.2) is 24.3 Å². The first-order valence-electron chi connectivity index (χ1n) is 5.52. The maximum absolute atomic E-state index is 11.5. The molecule has 0 bridgehead atoms. The predicted molar refractivity (Wildman–Crippen MR) is 68.4 cm³/mol. The van der Waals surface area contributed by atoms with Crippen LogP contribution in [0, 0.1) is 5.92 Å². The van der Waals surface area contributed by atoms with Crippen LogP contribution < -0.4 is 9.47 Å². The summed E-state index contributed by atoms with van der Waals surface area (Å²) in [6, 6.07) is 5.53. The molecule has 0 unspecified atom stereocenters. The van der Waals surface area contributed by atoms with Crippen LogP contribution in [-0.4, -0.2) is 20.0 Å². The SMILES string of the molecule is COc1ccc(/C=C/C(=O)C(C)C)cc1OC. The van der Waals surface area contributed by atoms with Crippen molar-refractivity contribution in [1.29, 1.82) is 0 Å². The Balaban J connectivity index is 2.90. The normalized spacial score (nSPS) is 10.9. The fourth-order valence-corrected chi connectivity index (χ4v) is 1.33. The first-order chi connectivity index (χ1) is 8.08. The monoisotopic (exact) mass is 234 g/mol. The third-order valence-corrected chi connectivity index (χ3v) is 2.42. The van der Waals surface area contributed by atoms with Gasteiger partial charge in [-0.05, 0) is 23.8 Å². The third-order valence-electron chi connectivity index (χ3n) is 2.42. The minimum absolute atomic E-state index is 0.0198. The fraction of sp³-hybridized carbons (Fsp3) is 0.357. The Bertz CT molecular complexity index is 419. The zero-order valence-electron chi connectivity index (χ0n) is 10.7. The molecule has 17 heavy (non-hydrogen) atoms. The van der Waals surface area contributed by atoms with Gasteiger partial charge in [0.25, 0.3) is 0 Å². The molecule has 3 nitrogen and oxygen atoms in total. The average molecular weight is 234 g/mol. The van der Waals surface area contributed by atoms with E-state index in [1.165, 1.54) is 0 Å². The Kier molecular flexibility index (Phi) is 4.76. The standard InChI is InChI=1S/C14H18O3/c1-10(2)12(15)7-5-11-6-8-13(16-3)14(9-11)17-4/h5-10H,1-4H3/b7-5+. The van der Waals surface area contributed by atoms with Crippen molar-refractivity contribution in [3.63, 3.8) is 0 Å². The predicted octanol–water partition coefficient (Wildman–Crippen LogP) is 2.94. The van der Waals surface area contributed by atoms with Crippen LogP contribution in [0.2, 0.25) is 0 Å². The van der Waals surface area contributed by atoms with Crippen LogP contribution in [0.1, 0.15) is 19.4 Å². The summed E-state index contributed by atoms with van der Waals surface area (Å²) in [6.45, 7) is 3.75. The van der Waals surface area contributed by atoms with Crippen LogP contribution >= 0.6 is 0 Å². The summed E-state index contributed by atoms with van der Waals surface area (Å²) in [6.07, 6.45) is 3.37. The summed E-state index contributed by atoms with van der Waals surface area (Å²) in [5, 5.41) is 0. The molecule has 92 valence electrons. The van der Waals surface area contributed by atoms with E-state index in [0.717, 1.165) is 5.56 Å². The van der Waals surface area contributed by atoms with Crippen molar-refractivity contribution in [2.75, 3.05) is 14.2 Å². The molecular formula is C14H18O3. The highest BCUT2D eigenvalue weighted by Gasteiger charge is 2.04. The number of hydrogen-bond acceptors (Lipinski definition) is 3.